The van der Waals surface area contributed by atoms with E-state index < -0.39 is 0 Å². The lowest BCUT2D eigenvalue weighted by molar-refractivity contribution is -0.133. The molecule has 6 rings (SSSR count). The van der Waals surface area contributed by atoms with Gasteiger partial charge in [0.15, 0.2) is 11.6 Å². The third-order valence-electron chi connectivity index (χ3n) is 9.30. The van der Waals surface area contributed by atoms with Crippen molar-refractivity contribution in [3.8, 4) is 11.1 Å². The van der Waals surface area contributed by atoms with Gasteiger partial charge in [0.05, 0.1) is 5.54 Å². The quantitative estimate of drug-likeness (QED) is 0.365. The highest BCUT2D eigenvalue weighted by molar-refractivity contribution is 6.09. The van der Waals surface area contributed by atoms with Crippen LogP contribution in [0.25, 0.3) is 11.1 Å². The molecule has 2 atom stereocenters. The van der Waals surface area contributed by atoms with Crippen molar-refractivity contribution in [2.45, 2.75) is 88.3 Å². The first kappa shape index (κ1) is 24.8. The maximum atomic E-state index is 13.4. The van der Waals surface area contributed by atoms with Crippen molar-refractivity contribution < 1.29 is 9.59 Å². The van der Waals surface area contributed by atoms with Gasteiger partial charge in [-0.25, -0.2) is 0 Å². The summed E-state index contributed by atoms with van der Waals surface area (Å²) in [5, 5.41) is 7.17. The van der Waals surface area contributed by atoms with E-state index in [4.69, 9.17) is 0 Å². The molecule has 0 radical (unpaired) electrons. The van der Waals surface area contributed by atoms with Crippen LogP contribution in [0.5, 0.6) is 0 Å². The van der Waals surface area contributed by atoms with Crippen LogP contribution in [0.3, 0.4) is 0 Å². The molecule has 3 saturated carbocycles. The zero-order valence-corrected chi connectivity index (χ0v) is 22.1. The fraction of sp³-hybridized carbons (Fsp3) is 0.515. The predicted molar refractivity (Wildman–Crippen MR) is 149 cm³/mol. The molecular weight excluding hydrogens is 456 g/mol. The molecule has 194 valence electrons. The molecule has 0 amide bonds. The smallest absolute Gasteiger partial charge is 0.188 e. The van der Waals surface area contributed by atoms with Gasteiger partial charge in [-0.1, -0.05) is 48.5 Å². The van der Waals surface area contributed by atoms with Gasteiger partial charge >= 0.3 is 0 Å². The summed E-state index contributed by atoms with van der Waals surface area (Å²) < 4.78 is 0. The van der Waals surface area contributed by atoms with Gasteiger partial charge in [0.1, 0.15) is 0 Å². The number of likely N-dealkylation sites (N-methyl/N-ethyl adjacent to an activating group) is 1. The lowest BCUT2D eigenvalue weighted by Gasteiger charge is -2.42. The summed E-state index contributed by atoms with van der Waals surface area (Å²) in [5.41, 5.74) is 5.06. The van der Waals surface area contributed by atoms with Gasteiger partial charge in [0.2, 0.25) is 0 Å². The number of allylic oxidation sites excluding steroid dienone is 2. The predicted octanol–water partition coefficient (Wildman–Crippen LogP) is 6.57. The molecule has 0 spiro atoms. The number of rotatable bonds is 10. The van der Waals surface area contributed by atoms with Crippen molar-refractivity contribution >= 4 is 11.6 Å². The third-order valence-corrected chi connectivity index (χ3v) is 9.30. The van der Waals surface area contributed by atoms with Crippen molar-refractivity contribution in [3.63, 3.8) is 0 Å². The van der Waals surface area contributed by atoms with Crippen LogP contribution in [0.4, 0.5) is 0 Å². The van der Waals surface area contributed by atoms with Gasteiger partial charge in [0.25, 0.3) is 0 Å². The van der Waals surface area contributed by atoms with Crippen molar-refractivity contribution in [1.82, 2.24) is 10.6 Å². The molecule has 4 nitrogen and oxygen atoms in total. The van der Waals surface area contributed by atoms with Gasteiger partial charge in [-0.3, -0.25) is 9.59 Å². The van der Waals surface area contributed by atoms with E-state index in [9.17, 15) is 9.59 Å². The summed E-state index contributed by atoms with van der Waals surface area (Å²) >= 11 is 0. The standard InChI is InChI=1S/C33H40N2O2/c1-34-33(19-4-20-33)32(37)26-6-2-5-24(15-16-26)31(36)25-13-9-22(10-14-25)27-7-3-8-28(21-27)30(23-11-12-23)35-29-17-18-29/h3,5,7-10,13-14,21,23,26,29-30,34-35H,2,4,6,11-12,15-20H2,1H3. The lowest BCUT2D eigenvalue weighted by Crippen LogP contribution is -2.57. The molecule has 2 aromatic rings. The topological polar surface area (TPSA) is 58.2 Å². The molecule has 4 aliphatic carbocycles. The maximum absolute atomic E-state index is 13.4. The van der Waals surface area contributed by atoms with Gasteiger partial charge in [0, 0.05) is 23.6 Å². The second kappa shape index (κ2) is 10.3. The van der Waals surface area contributed by atoms with Crippen LogP contribution in [0.15, 0.2) is 60.2 Å². The largest absolute Gasteiger partial charge is 0.308 e. The highest BCUT2D eigenvalue weighted by Gasteiger charge is 2.45. The molecule has 0 aliphatic heterocycles. The van der Waals surface area contributed by atoms with Crippen LogP contribution in [-0.2, 0) is 4.79 Å². The number of carbonyl (C=O) groups is 2. The van der Waals surface area contributed by atoms with E-state index >= 15 is 0 Å². The molecule has 2 aromatic carbocycles. The van der Waals surface area contributed by atoms with Gasteiger partial charge in [-0.05, 0) is 112 Å². The highest BCUT2D eigenvalue weighted by atomic mass is 16.1. The Morgan fingerprint density at radius 3 is 2.35 bits per heavy atom. The Bertz CT molecular complexity index is 1180. The Hall–Kier alpha value is -2.56. The number of ketones is 2. The second-order valence-electron chi connectivity index (χ2n) is 11.9. The van der Waals surface area contributed by atoms with Gasteiger partial charge in [-0.15, -0.1) is 0 Å². The Morgan fingerprint density at radius 2 is 1.70 bits per heavy atom. The molecule has 0 heterocycles. The SMILES string of the molecule is CNC1(C(=O)C2CCC=C(C(=O)c3ccc(-c4cccc(C(NC5CC5)C5CC5)c4)cc3)CC2)CCC1. The van der Waals surface area contributed by atoms with Crippen molar-refractivity contribution in [2.24, 2.45) is 11.8 Å². The first-order valence-corrected chi connectivity index (χ1v) is 14.5. The van der Waals surface area contributed by atoms with Crippen molar-refractivity contribution in [2.75, 3.05) is 7.05 Å². The lowest BCUT2D eigenvalue weighted by atomic mass is 9.69. The van der Waals surface area contributed by atoms with E-state index in [1.807, 2.05) is 19.2 Å². The second-order valence-corrected chi connectivity index (χ2v) is 11.9. The first-order valence-electron chi connectivity index (χ1n) is 14.5. The minimum atomic E-state index is -0.307. The molecule has 37 heavy (non-hydrogen) atoms. The Labute approximate surface area is 221 Å². The zero-order chi connectivity index (χ0) is 25.4. The summed E-state index contributed by atoms with van der Waals surface area (Å²) in [6, 6.07) is 18.2. The molecule has 0 bridgehead atoms. The first-order chi connectivity index (χ1) is 18.1. The Kier molecular flexibility index (Phi) is 6.89. The minimum absolute atomic E-state index is 0.0535. The summed E-state index contributed by atoms with van der Waals surface area (Å²) in [7, 11) is 1.91. The van der Waals surface area contributed by atoms with E-state index in [-0.39, 0.29) is 17.2 Å². The maximum Gasteiger partial charge on any atom is 0.188 e. The number of nitrogens with one attached hydrogen (secondary N) is 2. The van der Waals surface area contributed by atoms with E-state index in [0.717, 1.165) is 61.1 Å². The van der Waals surface area contributed by atoms with E-state index in [0.29, 0.717) is 24.3 Å². The number of hydrogen-bond donors (Lipinski definition) is 2. The van der Waals surface area contributed by atoms with Gasteiger partial charge < -0.3 is 10.6 Å². The average Bonchev–Trinajstić information content (AvgIpc) is 3.80. The van der Waals surface area contributed by atoms with Crippen LogP contribution < -0.4 is 10.6 Å². The van der Waals surface area contributed by atoms with Gasteiger partial charge in [-0.2, -0.15) is 0 Å². The van der Waals surface area contributed by atoms with Crippen LogP contribution in [0, 0.1) is 11.8 Å². The highest BCUT2D eigenvalue weighted by Crippen LogP contribution is 2.43. The third kappa shape index (κ3) is 5.24. The molecule has 0 aromatic heterocycles. The molecule has 3 fully saturated rings. The van der Waals surface area contributed by atoms with E-state index in [1.165, 1.54) is 36.8 Å². The van der Waals surface area contributed by atoms with E-state index in [2.05, 4.69) is 53.1 Å². The van der Waals surface area contributed by atoms with E-state index in [1.54, 1.807) is 0 Å². The Morgan fingerprint density at radius 1 is 0.919 bits per heavy atom. The molecule has 0 saturated heterocycles. The monoisotopic (exact) mass is 496 g/mol. The molecule has 2 unspecified atom stereocenters. The van der Waals surface area contributed by atoms with Crippen LogP contribution >= 0.6 is 0 Å². The molecular formula is C33H40N2O2. The number of carbonyl (C=O) groups excluding carboxylic acids is 2. The number of Topliss-reactive ketones (excluding diaryl/α,β-unsaturated/α-hetero) is 2. The Balaban J connectivity index is 1.11. The summed E-state index contributed by atoms with van der Waals surface area (Å²) in [6.45, 7) is 0. The summed E-state index contributed by atoms with van der Waals surface area (Å²) in [5.74, 6) is 1.31. The zero-order valence-electron chi connectivity index (χ0n) is 22.1. The minimum Gasteiger partial charge on any atom is -0.308 e. The number of benzene rings is 2. The fourth-order valence-corrected chi connectivity index (χ4v) is 6.39. The fourth-order valence-electron chi connectivity index (χ4n) is 6.39. The van der Waals surface area contributed by atoms with Crippen LogP contribution in [-0.4, -0.2) is 30.2 Å². The molecule has 4 heteroatoms. The normalized spacial score (nSPS) is 23.9. The summed E-state index contributed by atoms with van der Waals surface area (Å²) in [6.07, 6.45) is 13.5. The van der Waals surface area contributed by atoms with Crippen LogP contribution in [0.2, 0.25) is 0 Å². The van der Waals surface area contributed by atoms with Crippen LogP contribution in [0.1, 0.15) is 92.6 Å². The van der Waals surface area contributed by atoms with Crippen molar-refractivity contribution in [1.29, 1.82) is 0 Å². The average molecular weight is 497 g/mol. The number of hydrogen-bond acceptors (Lipinski definition) is 4. The van der Waals surface area contributed by atoms with Crippen molar-refractivity contribution in [3.05, 3.63) is 71.3 Å². The molecule has 4 aliphatic rings. The summed E-state index contributed by atoms with van der Waals surface area (Å²) in [4.78, 5) is 26.5. The molecule has 2 N–H and O–H groups in total.